The van der Waals surface area contributed by atoms with Crippen molar-refractivity contribution in [3.05, 3.63) is 57.2 Å². The van der Waals surface area contributed by atoms with Gasteiger partial charge in [0.05, 0.1) is 9.21 Å². The lowest BCUT2D eigenvalue weighted by atomic mass is 10.2. The van der Waals surface area contributed by atoms with Gasteiger partial charge in [0.15, 0.2) is 0 Å². The molecule has 20 heavy (non-hydrogen) atoms. The summed E-state index contributed by atoms with van der Waals surface area (Å²) in [5.74, 6) is -0.338. The van der Waals surface area contributed by atoms with Gasteiger partial charge in [-0.05, 0) is 24.3 Å². The summed E-state index contributed by atoms with van der Waals surface area (Å²) in [5.41, 5.74) is 0.601. The summed E-state index contributed by atoms with van der Waals surface area (Å²) >= 11 is 6.98. The molecule has 0 unspecified atom stereocenters. The summed E-state index contributed by atoms with van der Waals surface area (Å²) in [7, 11) is 0. The van der Waals surface area contributed by atoms with Crippen LogP contribution in [0, 0.1) is 0 Å². The van der Waals surface area contributed by atoms with E-state index in [1.165, 1.54) is 11.3 Å². The Hall–Kier alpha value is -1.85. The summed E-state index contributed by atoms with van der Waals surface area (Å²) in [6, 6.07) is 12.3. The van der Waals surface area contributed by atoms with E-state index in [1.54, 1.807) is 36.4 Å². The number of rotatable bonds is 5. The highest BCUT2D eigenvalue weighted by Crippen LogP contribution is 2.20. The first-order chi connectivity index (χ1) is 9.66. The van der Waals surface area contributed by atoms with E-state index in [-0.39, 0.29) is 11.8 Å². The molecule has 0 saturated carbocycles. The second-order valence-electron chi connectivity index (χ2n) is 3.98. The number of amides is 2. The fourth-order valence-electron chi connectivity index (χ4n) is 1.57. The Morgan fingerprint density at radius 3 is 2.20 bits per heavy atom. The van der Waals surface area contributed by atoms with Gasteiger partial charge in [0.25, 0.3) is 11.8 Å². The van der Waals surface area contributed by atoms with E-state index in [2.05, 4.69) is 10.6 Å². The van der Waals surface area contributed by atoms with Crippen LogP contribution in [-0.4, -0.2) is 24.9 Å². The molecule has 0 saturated heterocycles. The van der Waals surface area contributed by atoms with Gasteiger partial charge in [-0.25, -0.2) is 0 Å². The maximum absolute atomic E-state index is 11.7. The van der Waals surface area contributed by atoms with Crippen molar-refractivity contribution in [1.82, 2.24) is 10.6 Å². The Bertz CT molecular complexity index is 598. The van der Waals surface area contributed by atoms with E-state index >= 15 is 0 Å². The molecule has 6 heteroatoms. The average molecular weight is 309 g/mol. The third kappa shape index (κ3) is 4.08. The molecule has 4 nitrogen and oxygen atoms in total. The lowest BCUT2D eigenvalue weighted by Gasteiger charge is -2.06. The summed E-state index contributed by atoms with van der Waals surface area (Å²) in [4.78, 5) is 24.0. The third-order valence-corrected chi connectivity index (χ3v) is 3.76. The van der Waals surface area contributed by atoms with Crippen LogP contribution in [0.5, 0.6) is 0 Å². The van der Waals surface area contributed by atoms with Crippen molar-refractivity contribution in [1.29, 1.82) is 0 Å². The van der Waals surface area contributed by atoms with Crippen molar-refractivity contribution in [2.45, 2.75) is 0 Å². The van der Waals surface area contributed by atoms with Gasteiger partial charge in [0.1, 0.15) is 0 Å². The first-order valence-corrected chi connectivity index (χ1v) is 7.23. The van der Waals surface area contributed by atoms with E-state index in [4.69, 9.17) is 11.6 Å². The molecule has 1 aromatic carbocycles. The highest BCUT2D eigenvalue weighted by Gasteiger charge is 2.08. The molecule has 2 N–H and O–H groups in total. The van der Waals surface area contributed by atoms with Gasteiger partial charge in [0.2, 0.25) is 0 Å². The largest absolute Gasteiger partial charge is 0.350 e. The second kappa shape index (κ2) is 7.07. The normalized spacial score (nSPS) is 10.1. The lowest BCUT2D eigenvalue weighted by Crippen LogP contribution is -2.34. The first kappa shape index (κ1) is 14.6. The van der Waals surface area contributed by atoms with Gasteiger partial charge >= 0.3 is 0 Å². The number of nitrogens with one attached hydrogen (secondary N) is 2. The number of hydrogen-bond donors (Lipinski definition) is 2. The van der Waals surface area contributed by atoms with Crippen molar-refractivity contribution in [2.24, 2.45) is 0 Å². The van der Waals surface area contributed by atoms with Gasteiger partial charge in [-0.2, -0.15) is 0 Å². The van der Waals surface area contributed by atoms with Gasteiger partial charge in [-0.1, -0.05) is 29.8 Å². The van der Waals surface area contributed by atoms with Crippen LogP contribution in [0.25, 0.3) is 0 Å². The zero-order chi connectivity index (χ0) is 14.4. The number of thiophene rings is 1. The van der Waals surface area contributed by atoms with Crippen LogP contribution in [0.2, 0.25) is 4.34 Å². The van der Waals surface area contributed by atoms with E-state index in [9.17, 15) is 9.59 Å². The van der Waals surface area contributed by atoms with Gasteiger partial charge in [-0.3, -0.25) is 9.59 Å². The van der Waals surface area contributed by atoms with Crippen LogP contribution < -0.4 is 10.6 Å². The van der Waals surface area contributed by atoms with Crippen LogP contribution in [0.4, 0.5) is 0 Å². The molecule has 1 heterocycles. The number of halogens is 1. The average Bonchev–Trinajstić information content (AvgIpc) is 2.91. The Labute approximate surface area is 125 Å². The minimum Gasteiger partial charge on any atom is -0.350 e. The highest BCUT2D eigenvalue weighted by molar-refractivity contribution is 7.17. The maximum atomic E-state index is 11.7. The summed E-state index contributed by atoms with van der Waals surface area (Å²) in [6.07, 6.45) is 0. The zero-order valence-corrected chi connectivity index (χ0v) is 12.1. The molecule has 2 aromatic rings. The summed E-state index contributed by atoms with van der Waals surface area (Å²) < 4.78 is 0.576. The molecule has 0 aliphatic rings. The standard InChI is InChI=1S/C14H13ClN2O2S/c15-12-7-6-11(20-12)14(19)17-9-8-16-13(18)10-4-2-1-3-5-10/h1-7H,8-9H2,(H,16,18)(H,17,19). The Balaban J connectivity index is 1.72. The topological polar surface area (TPSA) is 58.2 Å². The van der Waals surface area contributed by atoms with Crippen LogP contribution >= 0.6 is 22.9 Å². The van der Waals surface area contributed by atoms with Crippen molar-refractivity contribution in [3.63, 3.8) is 0 Å². The molecule has 0 fully saturated rings. The van der Waals surface area contributed by atoms with Crippen molar-refractivity contribution >= 4 is 34.8 Å². The number of hydrogen-bond acceptors (Lipinski definition) is 3. The molecule has 0 radical (unpaired) electrons. The fourth-order valence-corrected chi connectivity index (χ4v) is 2.53. The Morgan fingerprint density at radius 2 is 1.60 bits per heavy atom. The van der Waals surface area contributed by atoms with Crippen molar-refractivity contribution in [2.75, 3.05) is 13.1 Å². The second-order valence-corrected chi connectivity index (χ2v) is 5.70. The van der Waals surface area contributed by atoms with Crippen LogP contribution in [0.3, 0.4) is 0 Å². The summed E-state index contributed by atoms with van der Waals surface area (Å²) in [5, 5.41) is 5.45. The molecule has 0 atom stereocenters. The molecule has 0 spiro atoms. The Kier molecular flexibility index (Phi) is 5.15. The summed E-state index contributed by atoms with van der Waals surface area (Å²) in [6.45, 7) is 0.742. The smallest absolute Gasteiger partial charge is 0.261 e. The van der Waals surface area contributed by atoms with E-state index in [0.29, 0.717) is 27.9 Å². The van der Waals surface area contributed by atoms with Crippen LogP contribution in [0.1, 0.15) is 20.0 Å². The maximum Gasteiger partial charge on any atom is 0.261 e. The number of carbonyl (C=O) groups excluding carboxylic acids is 2. The minimum absolute atomic E-state index is 0.154. The first-order valence-electron chi connectivity index (χ1n) is 6.03. The molecule has 2 rings (SSSR count). The molecule has 0 aliphatic carbocycles. The van der Waals surface area contributed by atoms with Gasteiger partial charge in [-0.15, -0.1) is 11.3 Å². The highest BCUT2D eigenvalue weighted by atomic mass is 35.5. The predicted molar refractivity (Wildman–Crippen MR) is 80.4 cm³/mol. The van der Waals surface area contributed by atoms with Gasteiger partial charge < -0.3 is 10.6 Å². The monoisotopic (exact) mass is 308 g/mol. The zero-order valence-electron chi connectivity index (χ0n) is 10.6. The minimum atomic E-state index is -0.184. The molecular weight excluding hydrogens is 296 g/mol. The predicted octanol–water partition coefficient (Wildman–Crippen LogP) is 2.56. The molecule has 104 valence electrons. The quantitative estimate of drug-likeness (QED) is 0.834. The Morgan fingerprint density at radius 1 is 0.950 bits per heavy atom. The number of benzene rings is 1. The van der Waals surface area contributed by atoms with E-state index in [0.717, 1.165) is 0 Å². The SMILES string of the molecule is O=C(NCCNC(=O)c1ccc(Cl)s1)c1ccccc1. The van der Waals surface area contributed by atoms with Crippen LogP contribution in [0.15, 0.2) is 42.5 Å². The fraction of sp³-hybridized carbons (Fsp3) is 0.143. The van der Waals surface area contributed by atoms with Crippen molar-refractivity contribution in [3.8, 4) is 0 Å². The molecule has 0 bridgehead atoms. The molecule has 1 aromatic heterocycles. The van der Waals surface area contributed by atoms with Crippen LogP contribution in [-0.2, 0) is 0 Å². The lowest BCUT2D eigenvalue weighted by molar-refractivity contribution is 0.0929. The molecular formula is C14H13ClN2O2S. The van der Waals surface area contributed by atoms with Gasteiger partial charge in [0, 0.05) is 18.7 Å². The van der Waals surface area contributed by atoms with E-state index < -0.39 is 0 Å². The molecule has 2 amide bonds. The number of carbonyl (C=O) groups is 2. The van der Waals surface area contributed by atoms with Crippen molar-refractivity contribution < 1.29 is 9.59 Å². The third-order valence-electron chi connectivity index (χ3n) is 2.53. The van der Waals surface area contributed by atoms with E-state index in [1.807, 2.05) is 6.07 Å². The molecule has 0 aliphatic heterocycles.